The fourth-order valence-electron chi connectivity index (χ4n) is 1.74. The van der Waals surface area contributed by atoms with Crippen LogP contribution < -0.4 is 0 Å². The summed E-state index contributed by atoms with van der Waals surface area (Å²) in [5, 5.41) is 16.5. The first-order valence-corrected chi connectivity index (χ1v) is 7.13. The summed E-state index contributed by atoms with van der Waals surface area (Å²) >= 11 is 1.52. The van der Waals surface area contributed by atoms with E-state index in [4.69, 9.17) is 9.84 Å². The molecule has 0 aliphatic carbocycles. The second-order valence-corrected chi connectivity index (χ2v) is 5.32. The highest BCUT2D eigenvalue weighted by atomic mass is 32.2. The molecule has 0 fully saturated rings. The number of aromatic carboxylic acids is 1. The van der Waals surface area contributed by atoms with Gasteiger partial charge in [0, 0.05) is 17.8 Å². The Labute approximate surface area is 124 Å². The lowest BCUT2D eigenvalue weighted by Gasteiger charge is -2.06. The number of benzene rings is 1. The molecule has 0 radical (unpaired) electrons. The Bertz CT molecular complexity index is 616. The van der Waals surface area contributed by atoms with Gasteiger partial charge in [-0.1, -0.05) is 5.21 Å². The minimum Gasteiger partial charge on any atom is -0.476 e. The van der Waals surface area contributed by atoms with Crippen LogP contribution in [-0.2, 0) is 17.9 Å². The van der Waals surface area contributed by atoms with E-state index in [1.165, 1.54) is 35.7 Å². The smallest absolute Gasteiger partial charge is 0.358 e. The summed E-state index contributed by atoms with van der Waals surface area (Å²) in [6.07, 6.45) is 0. The maximum atomic E-state index is 12.8. The van der Waals surface area contributed by atoms with E-state index in [1.54, 1.807) is 12.1 Å². The molecule has 0 bridgehead atoms. The number of methoxy groups -OCH3 is 1. The maximum absolute atomic E-state index is 12.8. The fourth-order valence-corrected chi connectivity index (χ4v) is 2.57. The third-order valence-electron chi connectivity index (χ3n) is 2.71. The predicted molar refractivity (Wildman–Crippen MR) is 74.8 cm³/mol. The third-order valence-corrected chi connectivity index (χ3v) is 3.70. The lowest BCUT2D eigenvalue weighted by atomic mass is 10.3. The number of hydrogen-bond acceptors (Lipinski definition) is 5. The molecule has 0 atom stereocenters. The molecule has 2 rings (SSSR count). The van der Waals surface area contributed by atoms with Crippen molar-refractivity contribution in [2.45, 2.75) is 18.0 Å². The first kappa shape index (κ1) is 15.5. The zero-order chi connectivity index (χ0) is 15.2. The Balaban J connectivity index is 1.99. The van der Waals surface area contributed by atoms with Crippen molar-refractivity contribution in [1.82, 2.24) is 15.0 Å². The van der Waals surface area contributed by atoms with Gasteiger partial charge < -0.3 is 9.84 Å². The summed E-state index contributed by atoms with van der Waals surface area (Å²) in [4.78, 5) is 12.0. The molecule has 0 saturated heterocycles. The van der Waals surface area contributed by atoms with E-state index in [-0.39, 0.29) is 18.1 Å². The molecule has 21 heavy (non-hydrogen) atoms. The predicted octanol–water partition coefficient (Wildman–Crippen LogP) is 2.05. The van der Waals surface area contributed by atoms with Gasteiger partial charge in [0.2, 0.25) is 0 Å². The minimum absolute atomic E-state index is 0.0939. The second kappa shape index (κ2) is 7.19. The van der Waals surface area contributed by atoms with Crippen molar-refractivity contribution >= 4 is 17.7 Å². The second-order valence-electron chi connectivity index (χ2n) is 4.15. The quantitative estimate of drug-likeness (QED) is 0.789. The number of carboxylic acid groups (broad SMARTS) is 1. The Morgan fingerprint density at radius 3 is 2.76 bits per heavy atom. The van der Waals surface area contributed by atoms with E-state index < -0.39 is 5.97 Å². The van der Waals surface area contributed by atoms with Crippen molar-refractivity contribution in [2.75, 3.05) is 12.9 Å². The number of ether oxygens (including phenoxy) is 1. The Kier molecular flexibility index (Phi) is 5.29. The maximum Gasteiger partial charge on any atom is 0.358 e. The Morgan fingerprint density at radius 2 is 2.14 bits per heavy atom. The zero-order valence-corrected chi connectivity index (χ0v) is 12.1. The minimum atomic E-state index is -1.13. The number of nitrogens with zero attached hydrogens (tertiary/aromatic N) is 3. The fraction of sp³-hybridized carbons (Fsp3) is 0.308. The average molecular weight is 311 g/mol. The average Bonchev–Trinajstić information content (AvgIpc) is 2.85. The number of thioether (sulfide) groups is 1. The number of carbonyl (C=O) groups is 1. The van der Waals surface area contributed by atoms with E-state index in [0.29, 0.717) is 18.0 Å². The molecule has 112 valence electrons. The Hall–Kier alpha value is -1.93. The lowest BCUT2D eigenvalue weighted by Crippen LogP contribution is -2.10. The Morgan fingerprint density at radius 1 is 1.43 bits per heavy atom. The van der Waals surface area contributed by atoms with Crippen molar-refractivity contribution in [3.63, 3.8) is 0 Å². The molecule has 0 spiro atoms. The highest BCUT2D eigenvalue weighted by molar-refractivity contribution is 7.99. The largest absolute Gasteiger partial charge is 0.476 e. The van der Waals surface area contributed by atoms with Crippen molar-refractivity contribution in [3.8, 4) is 0 Å². The van der Waals surface area contributed by atoms with Crippen molar-refractivity contribution < 1.29 is 19.0 Å². The molecule has 2 aromatic rings. The van der Waals surface area contributed by atoms with Gasteiger partial charge >= 0.3 is 5.97 Å². The van der Waals surface area contributed by atoms with Crippen LogP contribution in [0.15, 0.2) is 29.2 Å². The first-order valence-electron chi connectivity index (χ1n) is 6.14. The molecular weight excluding hydrogens is 297 g/mol. The van der Waals surface area contributed by atoms with Gasteiger partial charge in [-0.2, -0.15) is 0 Å². The highest BCUT2D eigenvalue weighted by Crippen LogP contribution is 2.18. The van der Waals surface area contributed by atoms with E-state index in [0.717, 1.165) is 4.90 Å². The zero-order valence-electron chi connectivity index (χ0n) is 11.3. The van der Waals surface area contributed by atoms with E-state index in [2.05, 4.69) is 10.3 Å². The third kappa shape index (κ3) is 4.02. The molecule has 1 heterocycles. The monoisotopic (exact) mass is 311 g/mol. The number of halogens is 1. The van der Waals surface area contributed by atoms with Gasteiger partial charge in [0.05, 0.1) is 18.8 Å². The van der Waals surface area contributed by atoms with Crippen LogP contribution in [0.4, 0.5) is 4.39 Å². The number of hydrogen-bond donors (Lipinski definition) is 1. The van der Waals surface area contributed by atoms with E-state index in [9.17, 15) is 9.18 Å². The molecule has 0 unspecified atom stereocenters. The molecule has 0 aliphatic heterocycles. The molecule has 1 N–H and O–H groups in total. The van der Waals surface area contributed by atoms with E-state index in [1.807, 2.05) is 0 Å². The molecule has 1 aromatic heterocycles. The molecule has 8 heteroatoms. The molecular formula is C13H14FN3O3S. The molecule has 0 saturated carbocycles. The molecule has 6 nitrogen and oxygen atoms in total. The summed E-state index contributed by atoms with van der Waals surface area (Å²) in [7, 11) is 1.48. The van der Waals surface area contributed by atoms with Gasteiger partial charge in [-0.3, -0.25) is 0 Å². The molecule has 0 amide bonds. The number of aryl methyl sites for hydroxylation is 1. The van der Waals surface area contributed by atoms with Gasteiger partial charge in [-0.05, 0) is 24.3 Å². The standard InChI is InChI=1S/C13H14FN3O3S/c1-20-8-11-12(13(18)19)15-16-17(11)6-7-21-10-4-2-9(14)3-5-10/h2-5H,6-8H2,1H3,(H,18,19). The summed E-state index contributed by atoms with van der Waals surface area (Å²) in [5.74, 6) is -0.742. The van der Waals surface area contributed by atoms with Crippen LogP contribution in [0.5, 0.6) is 0 Å². The van der Waals surface area contributed by atoms with Crippen LogP contribution in [0.3, 0.4) is 0 Å². The van der Waals surface area contributed by atoms with Gasteiger partial charge in [0.15, 0.2) is 5.69 Å². The van der Waals surface area contributed by atoms with Crippen LogP contribution in [0, 0.1) is 5.82 Å². The molecule has 1 aromatic carbocycles. The van der Waals surface area contributed by atoms with E-state index >= 15 is 0 Å². The first-order chi connectivity index (χ1) is 10.1. The van der Waals surface area contributed by atoms with Crippen LogP contribution in [0.2, 0.25) is 0 Å². The highest BCUT2D eigenvalue weighted by Gasteiger charge is 2.18. The summed E-state index contributed by atoms with van der Waals surface area (Å²) in [6.45, 7) is 0.622. The van der Waals surface area contributed by atoms with Crippen molar-refractivity contribution in [1.29, 1.82) is 0 Å². The van der Waals surface area contributed by atoms with Gasteiger partial charge in [0.1, 0.15) is 5.82 Å². The SMILES string of the molecule is COCc1c(C(=O)O)nnn1CCSc1ccc(F)cc1. The van der Waals surface area contributed by atoms with Crippen LogP contribution in [0.25, 0.3) is 0 Å². The van der Waals surface area contributed by atoms with Gasteiger partial charge in [-0.25, -0.2) is 13.9 Å². The lowest BCUT2D eigenvalue weighted by molar-refractivity contribution is 0.0684. The summed E-state index contributed by atoms with van der Waals surface area (Å²) < 4.78 is 19.3. The number of rotatable bonds is 7. The van der Waals surface area contributed by atoms with Gasteiger partial charge in [0.25, 0.3) is 0 Å². The van der Waals surface area contributed by atoms with Gasteiger partial charge in [-0.15, -0.1) is 16.9 Å². The van der Waals surface area contributed by atoms with Crippen molar-refractivity contribution in [2.24, 2.45) is 0 Å². The number of aromatic nitrogens is 3. The normalized spacial score (nSPS) is 10.8. The van der Waals surface area contributed by atoms with Crippen LogP contribution in [0.1, 0.15) is 16.2 Å². The number of carboxylic acids is 1. The van der Waals surface area contributed by atoms with Crippen LogP contribution in [-0.4, -0.2) is 38.9 Å². The van der Waals surface area contributed by atoms with Crippen molar-refractivity contribution in [3.05, 3.63) is 41.5 Å². The summed E-state index contributed by atoms with van der Waals surface area (Å²) in [5.41, 5.74) is 0.341. The van der Waals surface area contributed by atoms with Crippen LogP contribution >= 0.6 is 11.8 Å². The molecule has 0 aliphatic rings. The summed E-state index contributed by atoms with van der Waals surface area (Å²) in [6, 6.07) is 6.19. The topological polar surface area (TPSA) is 77.2 Å².